The van der Waals surface area contributed by atoms with E-state index in [4.69, 9.17) is 0 Å². The van der Waals surface area contributed by atoms with Gasteiger partial charge in [-0.05, 0) is 46.6 Å². The van der Waals surface area contributed by atoms with E-state index in [2.05, 4.69) is 36.1 Å². The minimum absolute atomic E-state index is 0.121. The topological polar surface area (TPSA) is 50.2 Å². The summed E-state index contributed by atoms with van der Waals surface area (Å²) in [5, 5.41) is 7.60. The zero-order valence-corrected chi connectivity index (χ0v) is 13.5. The van der Waals surface area contributed by atoms with Crippen molar-refractivity contribution < 1.29 is 4.79 Å². The van der Waals surface area contributed by atoms with Crippen LogP contribution in [0.15, 0.2) is 6.07 Å². The first kappa shape index (κ1) is 14.6. The van der Waals surface area contributed by atoms with Gasteiger partial charge in [0.15, 0.2) is 0 Å². The second-order valence-corrected chi connectivity index (χ2v) is 7.18. The van der Waals surface area contributed by atoms with Crippen LogP contribution in [0, 0.1) is 5.41 Å². The number of nitrogens with zero attached hydrogens (tertiary/aromatic N) is 3. The van der Waals surface area contributed by atoms with Crippen LogP contribution in [0.3, 0.4) is 0 Å². The van der Waals surface area contributed by atoms with Gasteiger partial charge < -0.3 is 5.32 Å². The molecule has 0 aromatic carbocycles. The number of hydrogen-bond donors (Lipinski definition) is 1. The Hall–Kier alpha value is -1.36. The molecule has 1 aromatic rings. The van der Waals surface area contributed by atoms with Crippen LogP contribution in [0.1, 0.15) is 51.6 Å². The molecule has 1 amide bonds. The van der Waals surface area contributed by atoms with Gasteiger partial charge in [-0.25, -0.2) is 0 Å². The first-order valence-electron chi connectivity index (χ1n) is 7.98. The van der Waals surface area contributed by atoms with Gasteiger partial charge in [-0.3, -0.25) is 14.4 Å². The Bertz CT molecular complexity index is 546. The highest BCUT2D eigenvalue weighted by atomic mass is 16.2. The largest absolute Gasteiger partial charge is 0.310 e. The molecule has 2 aliphatic rings. The maximum Gasteiger partial charge on any atom is 0.232 e. The lowest BCUT2D eigenvalue weighted by molar-refractivity contribution is -0.124. The summed E-state index contributed by atoms with van der Waals surface area (Å²) in [7, 11) is 1.90. The Morgan fingerprint density at radius 2 is 2.19 bits per heavy atom. The second-order valence-electron chi connectivity index (χ2n) is 7.18. The van der Waals surface area contributed by atoms with Crippen LogP contribution in [0.5, 0.6) is 0 Å². The van der Waals surface area contributed by atoms with Crippen molar-refractivity contribution >= 4 is 11.7 Å². The molecular formula is C16H26N4O. The van der Waals surface area contributed by atoms with Gasteiger partial charge in [-0.15, -0.1) is 0 Å². The van der Waals surface area contributed by atoms with Gasteiger partial charge in [0.2, 0.25) is 5.91 Å². The molecule has 5 heteroatoms. The number of nitrogens with one attached hydrogen (secondary N) is 1. The molecule has 21 heavy (non-hydrogen) atoms. The van der Waals surface area contributed by atoms with Crippen molar-refractivity contribution in [3.05, 3.63) is 11.8 Å². The Balaban J connectivity index is 1.68. The van der Waals surface area contributed by atoms with E-state index >= 15 is 0 Å². The van der Waals surface area contributed by atoms with Gasteiger partial charge >= 0.3 is 0 Å². The summed E-state index contributed by atoms with van der Waals surface area (Å²) in [5.41, 5.74) is 0.821. The Labute approximate surface area is 126 Å². The molecule has 0 bridgehead atoms. The lowest BCUT2D eigenvalue weighted by Gasteiger charge is -2.25. The molecule has 1 saturated carbocycles. The number of aryl methyl sites for hydroxylation is 1. The number of carbonyl (C=O) groups excluding carboxylic acids is 1. The van der Waals surface area contributed by atoms with Crippen LogP contribution in [-0.4, -0.2) is 39.7 Å². The third-order valence-corrected chi connectivity index (χ3v) is 4.92. The van der Waals surface area contributed by atoms with E-state index in [1.54, 1.807) is 4.68 Å². The van der Waals surface area contributed by atoms with Crippen LogP contribution in [0.25, 0.3) is 0 Å². The van der Waals surface area contributed by atoms with Crippen LogP contribution in [0.4, 0.5) is 5.82 Å². The first-order valence-corrected chi connectivity index (χ1v) is 7.98. The summed E-state index contributed by atoms with van der Waals surface area (Å²) >= 11 is 0. The Morgan fingerprint density at radius 3 is 2.76 bits per heavy atom. The molecule has 2 fully saturated rings. The first-order chi connectivity index (χ1) is 9.89. The van der Waals surface area contributed by atoms with Gasteiger partial charge in [0, 0.05) is 31.6 Å². The van der Waals surface area contributed by atoms with Crippen molar-refractivity contribution in [2.75, 3.05) is 18.4 Å². The fourth-order valence-corrected chi connectivity index (χ4v) is 3.08. The molecular weight excluding hydrogens is 264 g/mol. The maximum atomic E-state index is 12.7. The molecule has 1 saturated heterocycles. The summed E-state index contributed by atoms with van der Waals surface area (Å²) in [5.74, 6) is 1.56. The Kier molecular flexibility index (Phi) is 3.56. The average Bonchev–Trinajstić information content (AvgIpc) is 3.10. The van der Waals surface area contributed by atoms with Crippen molar-refractivity contribution in [3.8, 4) is 0 Å². The van der Waals surface area contributed by atoms with E-state index in [-0.39, 0.29) is 11.3 Å². The molecule has 5 nitrogen and oxygen atoms in total. The fraction of sp³-hybridized carbons (Fsp3) is 0.750. The molecule has 116 valence electrons. The van der Waals surface area contributed by atoms with E-state index in [0.717, 1.165) is 31.0 Å². The zero-order chi connectivity index (χ0) is 15.2. The lowest BCUT2D eigenvalue weighted by Crippen LogP contribution is -2.38. The van der Waals surface area contributed by atoms with Crippen molar-refractivity contribution in [3.63, 3.8) is 0 Å². The molecule has 1 N–H and O–H groups in total. The van der Waals surface area contributed by atoms with Gasteiger partial charge in [-0.1, -0.05) is 0 Å². The van der Waals surface area contributed by atoms with E-state index in [1.807, 2.05) is 13.1 Å². The molecule has 3 rings (SSSR count). The molecule has 1 aliphatic heterocycles. The minimum Gasteiger partial charge on any atom is -0.310 e. The van der Waals surface area contributed by atoms with Gasteiger partial charge in [-0.2, -0.15) is 5.10 Å². The molecule has 1 aromatic heterocycles. The van der Waals surface area contributed by atoms with Crippen molar-refractivity contribution in [2.24, 2.45) is 12.5 Å². The third-order valence-electron chi connectivity index (χ3n) is 4.92. The standard InChI is InChI=1S/C16H26N4O/c1-11(2)20-8-7-16(3,10-20)15(21)17-14-9-13(12-5-6-12)18-19(14)4/h9,11-12H,5-8,10H2,1-4H3,(H,17,21). The highest BCUT2D eigenvalue weighted by Gasteiger charge is 2.41. The van der Waals surface area contributed by atoms with Crippen molar-refractivity contribution in [1.29, 1.82) is 0 Å². The van der Waals surface area contributed by atoms with Gasteiger partial charge in [0.25, 0.3) is 0 Å². The van der Waals surface area contributed by atoms with Gasteiger partial charge in [0.1, 0.15) is 5.82 Å². The number of amides is 1. The van der Waals surface area contributed by atoms with Crippen LogP contribution >= 0.6 is 0 Å². The van der Waals surface area contributed by atoms with E-state index in [9.17, 15) is 4.79 Å². The van der Waals surface area contributed by atoms with Crippen molar-refractivity contribution in [1.82, 2.24) is 14.7 Å². The highest BCUT2D eigenvalue weighted by molar-refractivity contribution is 5.94. The smallest absolute Gasteiger partial charge is 0.232 e. The third kappa shape index (κ3) is 2.84. The number of anilines is 1. The number of likely N-dealkylation sites (tertiary alicyclic amines) is 1. The summed E-state index contributed by atoms with van der Waals surface area (Å²) in [6, 6.07) is 2.53. The van der Waals surface area contributed by atoms with Crippen LogP contribution in [0.2, 0.25) is 0 Å². The fourth-order valence-electron chi connectivity index (χ4n) is 3.08. The summed E-state index contributed by atoms with van der Waals surface area (Å²) in [6.45, 7) is 8.28. The van der Waals surface area contributed by atoms with Crippen molar-refractivity contribution in [2.45, 2.75) is 52.0 Å². The SMILES string of the molecule is CC(C)N1CCC(C)(C(=O)Nc2cc(C3CC3)nn2C)C1. The quantitative estimate of drug-likeness (QED) is 0.926. The summed E-state index contributed by atoms with van der Waals surface area (Å²) < 4.78 is 1.80. The van der Waals surface area contributed by atoms with E-state index in [1.165, 1.54) is 12.8 Å². The molecule has 1 unspecified atom stereocenters. The normalized spacial score (nSPS) is 26.5. The Morgan fingerprint density at radius 1 is 1.48 bits per heavy atom. The molecule has 0 spiro atoms. The zero-order valence-electron chi connectivity index (χ0n) is 13.5. The molecule has 1 aliphatic carbocycles. The second kappa shape index (κ2) is 5.13. The molecule has 0 radical (unpaired) electrons. The van der Waals surface area contributed by atoms with E-state index in [0.29, 0.717) is 12.0 Å². The maximum absolute atomic E-state index is 12.7. The summed E-state index contributed by atoms with van der Waals surface area (Å²) in [4.78, 5) is 15.0. The van der Waals surface area contributed by atoms with E-state index < -0.39 is 0 Å². The molecule has 1 atom stereocenters. The van der Waals surface area contributed by atoms with Crippen LogP contribution < -0.4 is 5.32 Å². The lowest BCUT2D eigenvalue weighted by atomic mass is 9.88. The van der Waals surface area contributed by atoms with Gasteiger partial charge in [0.05, 0.1) is 11.1 Å². The minimum atomic E-state index is -0.297. The number of rotatable bonds is 4. The molecule has 2 heterocycles. The number of carbonyl (C=O) groups is 1. The number of hydrogen-bond acceptors (Lipinski definition) is 3. The predicted molar refractivity (Wildman–Crippen MR) is 83.2 cm³/mol. The summed E-state index contributed by atoms with van der Waals surface area (Å²) in [6.07, 6.45) is 3.38. The predicted octanol–water partition coefficient (Wildman–Crippen LogP) is 2.36. The average molecular weight is 290 g/mol. The highest BCUT2D eigenvalue weighted by Crippen LogP contribution is 2.40. The monoisotopic (exact) mass is 290 g/mol. The van der Waals surface area contributed by atoms with Crippen LogP contribution in [-0.2, 0) is 11.8 Å². The number of aromatic nitrogens is 2.